The fourth-order valence-electron chi connectivity index (χ4n) is 1.55. The molecule has 0 saturated heterocycles. The molecule has 0 rings (SSSR count). The van der Waals surface area contributed by atoms with Crippen LogP contribution in [0.25, 0.3) is 0 Å². The van der Waals surface area contributed by atoms with Gasteiger partial charge in [-0.2, -0.15) is 57.1 Å². The normalized spacial score (nSPS) is 14.8. The third kappa shape index (κ3) is 5.01. The number of ether oxygens (including phenoxy) is 1. The summed E-state index contributed by atoms with van der Waals surface area (Å²) in [5, 5.41) is 0. The van der Waals surface area contributed by atoms with Gasteiger partial charge in [0.05, 0.1) is 0 Å². The van der Waals surface area contributed by atoms with Crippen LogP contribution in [0, 0.1) is 0 Å². The first-order valence-electron chi connectivity index (χ1n) is 6.88. The lowest BCUT2D eigenvalue weighted by molar-refractivity contribution is -0.437. The standard InChI is InChI=1S/C13H11F13O2/c1-6(2)7(27)28-13(25,26)12(23,24)11(21,22)10(19,20)8(14,15)4-3-5-9(16,17)18/h1,3-5H2,2H3. The lowest BCUT2D eigenvalue weighted by Gasteiger charge is -2.38. The van der Waals surface area contributed by atoms with Gasteiger partial charge in [-0.15, -0.1) is 0 Å². The van der Waals surface area contributed by atoms with Gasteiger partial charge < -0.3 is 4.74 Å². The molecular weight excluding hydrogens is 435 g/mol. The van der Waals surface area contributed by atoms with Crippen LogP contribution in [-0.4, -0.2) is 41.9 Å². The van der Waals surface area contributed by atoms with E-state index < -0.39 is 66.8 Å². The summed E-state index contributed by atoms with van der Waals surface area (Å²) in [6.07, 6.45) is -18.6. The number of esters is 1. The fourth-order valence-corrected chi connectivity index (χ4v) is 1.55. The summed E-state index contributed by atoms with van der Waals surface area (Å²) in [5.41, 5.74) is -1.05. The maximum absolute atomic E-state index is 13.4. The summed E-state index contributed by atoms with van der Waals surface area (Å²) in [4.78, 5) is 10.8. The van der Waals surface area contributed by atoms with Gasteiger partial charge in [-0.1, -0.05) is 6.58 Å². The second kappa shape index (κ2) is 7.61. The summed E-state index contributed by atoms with van der Waals surface area (Å²) >= 11 is 0. The third-order valence-electron chi connectivity index (χ3n) is 3.13. The van der Waals surface area contributed by atoms with Crippen molar-refractivity contribution in [3.63, 3.8) is 0 Å². The Bertz CT molecular complexity index is 592. The minimum absolute atomic E-state index is 0.581. The molecule has 28 heavy (non-hydrogen) atoms. The zero-order valence-electron chi connectivity index (χ0n) is 13.6. The van der Waals surface area contributed by atoms with E-state index in [0.717, 1.165) is 0 Å². The zero-order valence-corrected chi connectivity index (χ0v) is 13.6. The highest BCUT2D eigenvalue weighted by Crippen LogP contribution is 2.58. The smallest absolute Gasteiger partial charge is 0.393 e. The molecule has 0 radical (unpaired) electrons. The van der Waals surface area contributed by atoms with Gasteiger partial charge in [-0.05, 0) is 13.3 Å². The first-order valence-corrected chi connectivity index (χ1v) is 6.88. The van der Waals surface area contributed by atoms with Crippen LogP contribution in [0.3, 0.4) is 0 Å². The van der Waals surface area contributed by atoms with Crippen molar-refractivity contribution in [3.8, 4) is 0 Å². The zero-order chi connectivity index (χ0) is 23.0. The monoisotopic (exact) mass is 446 g/mol. The largest absolute Gasteiger partial charge is 0.473 e. The summed E-state index contributed by atoms with van der Waals surface area (Å²) in [5.74, 6) is -30.8. The summed E-state index contributed by atoms with van der Waals surface area (Å²) in [6.45, 7) is 3.21. The molecular formula is C13H11F13O2. The summed E-state index contributed by atoms with van der Waals surface area (Å²) < 4.78 is 171. The maximum atomic E-state index is 13.4. The van der Waals surface area contributed by atoms with E-state index in [1.54, 1.807) is 0 Å². The number of halogens is 13. The molecule has 2 nitrogen and oxygen atoms in total. The molecule has 0 saturated carbocycles. The lowest BCUT2D eigenvalue weighted by Crippen LogP contribution is -2.67. The van der Waals surface area contributed by atoms with Crippen LogP contribution in [0.4, 0.5) is 57.1 Å². The van der Waals surface area contributed by atoms with Gasteiger partial charge in [0.2, 0.25) is 0 Å². The molecule has 0 aliphatic heterocycles. The van der Waals surface area contributed by atoms with E-state index in [2.05, 4.69) is 11.3 Å². The van der Waals surface area contributed by atoms with Gasteiger partial charge in [0.1, 0.15) is 0 Å². The number of carbonyl (C=O) groups is 1. The Labute approximate surface area is 148 Å². The van der Waals surface area contributed by atoms with Crippen molar-refractivity contribution in [1.29, 1.82) is 0 Å². The quantitative estimate of drug-likeness (QED) is 0.248. The van der Waals surface area contributed by atoms with Crippen molar-refractivity contribution in [2.45, 2.75) is 62.2 Å². The molecule has 0 heterocycles. The van der Waals surface area contributed by atoms with E-state index in [0.29, 0.717) is 6.92 Å². The average molecular weight is 446 g/mol. The Kier molecular flexibility index (Phi) is 7.15. The van der Waals surface area contributed by atoms with Gasteiger partial charge in [0.15, 0.2) is 0 Å². The molecule has 0 spiro atoms. The van der Waals surface area contributed by atoms with Crippen molar-refractivity contribution in [1.82, 2.24) is 0 Å². The Morgan fingerprint density at radius 1 is 0.750 bits per heavy atom. The molecule has 166 valence electrons. The molecule has 0 aromatic carbocycles. The van der Waals surface area contributed by atoms with Crippen LogP contribution in [-0.2, 0) is 9.53 Å². The van der Waals surface area contributed by atoms with E-state index >= 15 is 0 Å². The third-order valence-corrected chi connectivity index (χ3v) is 3.13. The van der Waals surface area contributed by atoms with E-state index in [9.17, 15) is 61.9 Å². The van der Waals surface area contributed by atoms with Crippen LogP contribution in [0.5, 0.6) is 0 Å². The Morgan fingerprint density at radius 2 is 1.18 bits per heavy atom. The molecule has 0 bridgehead atoms. The van der Waals surface area contributed by atoms with Gasteiger partial charge in [-0.3, -0.25) is 0 Å². The van der Waals surface area contributed by atoms with Crippen LogP contribution >= 0.6 is 0 Å². The lowest BCUT2D eigenvalue weighted by atomic mass is 9.94. The summed E-state index contributed by atoms with van der Waals surface area (Å²) in [6, 6.07) is 0. The molecule has 15 heteroatoms. The second-order valence-electron chi connectivity index (χ2n) is 5.58. The van der Waals surface area contributed by atoms with Crippen molar-refractivity contribution < 1.29 is 66.6 Å². The predicted molar refractivity (Wildman–Crippen MR) is 65.5 cm³/mol. The molecule has 0 atom stereocenters. The highest BCUT2D eigenvalue weighted by molar-refractivity contribution is 5.87. The van der Waals surface area contributed by atoms with Crippen LogP contribution in [0.15, 0.2) is 12.2 Å². The fraction of sp³-hybridized carbons (Fsp3) is 0.769. The van der Waals surface area contributed by atoms with Gasteiger partial charge in [0.25, 0.3) is 0 Å². The Morgan fingerprint density at radius 3 is 1.54 bits per heavy atom. The van der Waals surface area contributed by atoms with Gasteiger partial charge in [0, 0.05) is 18.4 Å². The van der Waals surface area contributed by atoms with Crippen LogP contribution in [0.2, 0.25) is 0 Å². The molecule has 0 N–H and O–H groups in total. The van der Waals surface area contributed by atoms with Crippen molar-refractivity contribution in [2.24, 2.45) is 0 Å². The van der Waals surface area contributed by atoms with E-state index in [1.165, 1.54) is 0 Å². The van der Waals surface area contributed by atoms with E-state index in [-0.39, 0.29) is 0 Å². The molecule has 0 aromatic heterocycles. The average Bonchev–Trinajstić information content (AvgIpc) is 2.43. The molecule has 0 aliphatic carbocycles. The Balaban J connectivity index is 5.82. The number of hydrogen-bond donors (Lipinski definition) is 0. The minimum Gasteiger partial charge on any atom is -0.393 e. The van der Waals surface area contributed by atoms with Crippen molar-refractivity contribution >= 4 is 5.97 Å². The molecule has 0 aliphatic rings. The van der Waals surface area contributed by atoms with Crippen molar-refractivity contribution in [3.05, 3.63) is 12.2 Å². The predicted octanol–water partition coefficient (Wildman–Crippen LogP) is 5.97. The molecule has 0 amide bonds. The van der Waals surface area contributed by atoms with Crippen LogP contribution in [0.1, 0.15) is 26.2 Å². The first kappa shape index (κ1) is 26.3. The number of alkyl halides is 13. The Hall–Kier alpha value is -1.70. The van der Waals surface area contributed by atoms with Crippen molar-refractivity contribution in [2.75, 3.05) is 0 Å². The SMILES string of the molecule is C=C(C)C(=O)OC(F)(F)C(F)(F)C(F)(F)C(F)(F)C(F)(F)CCCC(F)(F)F. The molecule has 0 fully saturated rings. The van der Waals surface area contributed by atoms with Crippen LogP contribution < -0.4 is 0 Å². The van der Waals surface area contributed by atoms with Gasteiger partial charge in [-0.25, -0.2) is 4.79 Å². The van der Waals surface area contributed by atoms with Gasteiger partial charge >= 0.3 is 41.9 Å². The highest BCUT2D eigenvalue weighted by Gasteiger charge is 2.87. The number of hydrogen-bond acceptors (Lipinski definition) is 2. The molecule has 0 unspecified atom stereocenters. The topological polar surface area (TPSA) is 26.3 Å². The second-order valence-corrected chi connectivity index (χ2v) is 5.58. The van der Waals surface area contributed by atoms with E-state index in [4.69, 9.17) is 0 Å². The maximum Gasteiger partial charge on any atom is 0.473 e. The van der Waals surface area contributed by atoms with E-state index in [1.807, 2.05) is 0 Å². The first-order chi connectivity index (χ1) is 12.0. The highest BCUT2D eigenvalue weighted by atomic mass is 19.4. The minimum atomic E-state index is -7.54. The molecule has 0 aromatic rings. The number of rotatable bonds is 9. The summed E-state index contributed by atoms with van der Waals surface area (Å²) in [7, 11) is 0. The number of carbonyl (C=O) groups excluding carboxylic acids is 1.